The highest BCUT2D eigenvalue weighted by atomic mass is 16.3. The molecule has 1 aliphatic rings. The molecule has 0 bridgehead atoms. The minimum atomic E-state index is -0.472. The van der Waals surface area contributed by atoms with E-state index in [1.54, 1.807) is 12.1 Å². The molecular formula is C13H19N3O2. The molecule has 1 aromatic carbocycles. The fourth-order valence-electron chi connectivity index (χ4n) is 2.43. The van der Waals surface area contributed by atoms with Crippen molar-refractivity contribution in [3.05, 3.63) is 23.8 Å². The van der Waals surface area contributed by atoms with Gasteiger partial charge in [-0.1, -0.05) is 0 Å². The molecule has 5 nitrogen and oxygen atoms in total. The Morgan fingerprint density at radius 2 is 2.28 bits per heavy atom. The highest BCUT2D eigenvalue weighted by Gasteiger charge is 2.21. The van der Waals surface area contributed by atoms with Crippen LogP contribution in [-0.4, -0.2) is 30.7 Å². The molecule has 1 atom stereocenters. The molecule has 1 aliphatic heterocycles. The summed E-state index contributed by atoms with van der Waals surface area (Å²) in [6.07, 6.45) is 2.09. The van der Waals surface area contributed by atoms with Gasteiger partial charge in [0.05, 0.1) is 11.4 Å². The molecule has 98 valence electrons. The minimum absolute atomic E-state index is 0.204. The van der Waals surface area contributed by atoms with Crippen LogP contribution < -0.4 is 16.4 Å². The van der Waals surface area contributed by atoms with Crippen molar-refractivity contribution in [1.29, 1.82) is 0 Å². The van der Waals surface area contributed by atoms with E-state index in [9.17, 15) is 9.90 Å². The minimum Gasteiger partial charge on any atom is -0.397 e. The number of benzene rings is 1. The monoisotopic (exact) mass is 249 g/mol. The zero-order valence-electron chi connectivity index (χ0n) is 10.3. The van der Waals surface area contributed by atoms with E-state index in [4.69, 9.17) is 11.5 Å². The summed E-state index contributed by atoms with van der Waals surface area (Å²) in [6, 6.07) is 5.13. The topological polar surface area (TPSA) is 92.6 Å². The summed E-state index contributed by atoms with van der Waals surface area (Å²) in [5.74, 6) is -0.172. The fourth-order valence-corrected chi connectivity index (χ4v) is 2.43. The summed E-state index contributed by atoms with van der Waals surface area (Å²) in [7, 11) is 0. The van der Waals surface area contributed by atoms with Crippen LogP contribution in [0.25, 0.3) is 0 Å². The zero-order valence-corrected chi connectivity index (χ0v) is 10.3. The van der Waals surface area contributed by atoms with Gasteiger partial charge in [-0.3, -0.25) is 4.79 Å². The Morgan fingerprint density at radius 3 is 2.89 bits per heavy atom. The second-order valence-corrected chi connectivity index (χ2v) is 4.77. The average molecular weight is 249 g/mol. The molecule has 0 aliphatic carbocycles. The van der Waals surface area contributed by atoms with E-state index in [0.29, 0.717) is 17.2 Å². The van der Waals surface area contributed by atoms with Gasteiger partial charge in [-0.2, -0.15) is 0 Å². The Labute approximate surface area is 106 Å². The summed E-state index contributed by atoms with van der Waals surface area (Å²) in [5.41, 5.74) is 13.1. The van der Waals surface area contributed by atoms with Crippen LogP contribution in [0, 0.1) is 5.92 Å². The fraction of sp³-hybridized carbons (Fsp3) is 0.462. The molecule has 0 spiro atoms. The maximum absolute atomic E-state index is 11.1. The van der Waals surface area contributed by atoms with E-state index in [0.717, 1.165) is 31.6 Å². The largest absolute Gasteiger partial charge is 0.397 e. The third-order valence-electron chi connectivity index (χ3n) is 3.43. The van der Waals surface area contributed by atoms with Crippen LogP contribution in [0.2, 0.25) is 0 Å². The van der Waals surface area contributed by atoms with Crippen LogP contribution in [0.1, 0.15) is 23.2 Å². The smallest absolute Gasteiger partial charge is 0.248 e. The number of amides is 1. The normalized spacial score (nSPS) is 19.8. The van der Waals surface area contributed by atoms with Crippen molar-refractivity contribution in [1.82, 2.24) is 0 Å². The zero-order chi connectivity index (χ0) is 13.1. The van der Waals surface area contributed by atoms with Crippen LogP contribution in [-0.2, 0) is 0 Å². The Bertz CT molecular complexity index is 448. The van der Waals surface area contributed by atoms with Crippen molar-refractivity contribution in [3.8, 4) is 0 Å². The van der Waals surface area contributed by atoms with Crippen molar-refractivity contribution < 1.29 is 9.90 Å². The van der Waals surface area contributed by atoms with E-state index in [1.165, 1.54) is 0 Å². The van der Waals surface area contributed by atoms with Crippen LogP contribution in [0.3, 0.4) is 0 Å². The lowest BCUT2D eigenvalue weighted by molar-refractivity contribution is 0.100. The SMILES string of the molecule is NC(=O)c1ccc(N2CCCC(CO)C2)c(N)c1. The van der Waals surface area contributed by atoms with Gasteiger partial charge >= 0.3 is 0 Å². The summed E-state index contributed by atoms with van der Waals surface area (Å²) < 4.78 is 0. The molecule has 5 heteroatoms. The third kappa shape index (κ3) is 2.56. The first-order chi connectivity index (χ1) is 8.61. The summed E-state index contributed by atoms with van der Waals surface area (Å²) in [4.78, 5) is 13.2. The van der Waals surface area contributed by atoms with Gasteiger partial charge < -0.3 is 21.5 Å². The second kappa shape index (κ2) is 5.27. The highest BCUT2D eigenvalue weighted by molar-refractivity contribution is 5.94. The van der Waals surface area contributed by atoms with Crippen molar-refractivity contribution in [2.24, 2.45) is 11.7 Å². The van der Waals surface area contributed by atoms with Gasteiger partial charge in [0.25, 0.3) is 0 Å². The van der Waals surface area contributed by atoms with Gasteiger partial charge in [-0.15, -0.1) is 0 Å². The Kier molecular flexibility index (Phi) is 3.72. The van der Waals surface area contributed by atoms with E-state index in [2.05, 4.69) is 4.90 Å². The molecule has 18 heavy (non-hydrogen) atoms. The van der Waals surface area contributed by atoms with Crippen LogP contribution in [0.15, 0.2) is 18.2 Å². The van der Waals surface area contributed by atoms with Crippen LogP contribution in [0.5, 0.6) is 0 Å². The van der Waals surface area contributed by atoms with E-state index in [-0.39, 0.29) is 6.61 Å². The number of piperidine rings is 1. The second-order valence-electron chi connectivity index (χ2n) is 4.77. The number of aliphatic hydroxyl groups is 1. The summed E-state index contributed by atoms with van der Waals surface area (Å²) in [5, 5.41) is 9.22. The number of primary amides is 1. The molecule has 1 unspecified atom stereocenters. The number of hydrogen-bond acceptors (Lipinski definition) is 4. The van der Waals surface area contributed by atoms with E-state index < -0.39 is 5.91 Å². The molecule has 2 rings (SSSR count). The maximum Gasteiger partial charge on any atom is 0.248 e. The molecule has 0 radical (unpaired) electrons. The third-order valence-corrected chi connectivity index (χ3v) is 3.43. The molecular weight excluding hydrogens is 230 g/mol. The van der Waals surface area contributed by atoms with Gasteiger partial charge in [0.2, 0.25) is 5.91 Å². The Morgan fingerprint density at radius 1 is 1.50 bits per heavy atom. The van der Waals surface area contributed by atoms with Crippen molar-refractivity contribution >= 4 is 17.3 Å². The Balaban J connectivity index is 2.20. The number of nitrogen functional groups attached to an aromatic ring is 1. The Hall–Kier alpha value is -1.75. The predicted molar refractivity (Wildman–Crippen MR) is 71.4 cm³/mol. The lowest BCUT2D eigenvalue weighted by atomic mass is 9.98. The first-order valence-electron chi connectivity index (χ1n) is 6.17. The molecule has 1 saturated heterocycles. The first-order valence-corrected chi connectivity index (χ1v) is 6.17. The molecule has 0 aromatic heterocycles. The number of carbonyl (C=O) groups excluding carboxylic acids is 1. The number of hydrogen-bond donors (Lipinski definition) is 3. The summed E-state index contributed by atoms with van der Waals surface area (Å²) in [6.45, 7) is 1.93. The lowest BCUT2D eigenvalue weighted by Crippen LogP contribution is -2.37. The van der Waals surface area contributed by atoms with Crippen molar-refractivity contribution in [2.75, 3.05) is 30.3 Å². The number of rotatable bonds is 3. The molecule has 1 fully saturated rings. The molecule has 5 N–H and O–H groups in total. The quantitative estimate of drug-likeness (QED) is 0.683. The van der Waals surface area contributed by atoms with Gasteiger partial charge in [0.15, 0.2) is 0 Å². The number of aliphatic hydroxyl groups excluding tert-OH is 1. The van der Waals surface area contributed by atoms with Gasteiger partial charge in [0.1, 0.15) is 0 Å². The predicted octanol–water partition coefficient (Wildman–Crippen LogP) is 0.576. The molecule has 1 aromatic rings. The standard InChI is InChI=1S/C13H19N3O2/c14-11-6-10(13(15)18)3-4-12(11)16-5-1-2-9(7-16)8-17/h3-4,6,9,17H,1-2,5,7-8,14H2,(H2,15,18). The number of nitrogens with two attached hydrogens (primary N) is 2. The maximum atomic E-state index is 11.1. The number of carbonyl (C=O) groups is 1. The first kappa shape index (κ1) is 12.7. The number of anilines is 2. The van der Waals surface area contributed by atoms with E-state index in [1.807, 2.05) is 6.07 Å². The average Bonchev–Trinajstić information content (AvgIpc) is 2.38. The molecule has 0 saturated carbocycles. The van der Waals surface area contributed by atoms with Crippen LogP contribution in [0.4, 0.5) is 11.4 Å². The van der Waals surface area contributed by atoms with Gasteiger partial charge in [0, 0.05) is 25.3 Å². The molecule has 1 amide bonds. The lowest BCUT2D eigenvalue weighted by Gasteiger charge is -2.34. The number of nitrogens with zero attached hydrogens (tertiary/aromatic N) is 1. The van der Waals surface area contributed by atoms with E-state index >= 15 is 0 Å². The molecule has 1 heterocycles. The van der Waals surface area contributed by atoms with Crippen LogP contribution >= 0.6 is 0 Å². The van der Waals surface area contributed by atoms with Crippen molar-refractivity contribution in [2.45, 2.75) is 12.8 Å². The highest BCUT2D eigenvalue weighted by Crippen LogP contribution is 2.28. The van der Waals surface area contributed by atoms with Gasteiger partial charge in [-0.05, 0) is 37.0 Å². The van der Waals surface area contributed by atoms with Crippen molar-refractivity contribution in [3.63, 3.8) is 0 Å². The van der Waals surface area contributed by atoms with Gasteiger partial charge in [-0.25, -0.2) is 0 Å². The summed E-state index contributed by atoms with van der Waals surface area (Å²) >= 11 is 0.